The summed E-state index contributed by atoms with van der Waals surface area (Å²) >= 11 is 5.71. The van der Waals surface area contributed by atoms with Crippen LogP contribution in [0.4, 0.5) is 0 Å². The lowest BCUT2D eigenvalue weighted by Crippen LogP contribution is -2.30. The predicted molar refractivity (Wildman–Crippen MR) is 61.9 cm³/mol. The van der Waals surface area contributed by atoms with Crippen molar-refractivity contribution in [3.05, 3.63) is 34.9 Å². The molecule has 86 valence electrons. The molecular formula is C10H12ClN3O2. The van der Waals surface area contributed by atoms with Crippen LogP contribution in [0.5, 0.6) is 0 Å². The number of nitrogens with zero attached hydrogens (tertiary/aromatic N) is 1. The molecule has 1 aromatic rings. The number of carbonyl (C=O) groups is 1. The van der Waals surface area contributed by atoms with Gasteiger partial charge in [-0.25, -0.2) is 5.84 Å². The average molecular weight is 242 g/mol. The van der Waals surface area contributed by atoms with Gasteiger partial charge in [-0.2, -0.15) is 0 Å². The second-order valence-corrected chi connectivity index (χ2v) is 3.37. The van der Waals surface area contributed by atoms with E-state index in [0.717, 1.165) is 5.56 Å². The van der Waals surface area contributed by atoms with E-state index in [1.54, 1.807) is 12.1 Å². The molecule has 1 rings (SSSR count). The van der Waals surface area contributed by atoms with Crippen LogP contribution in [-0.2, 0) is 9.63 Å². The van der Waals surface area contributed by atoms with Gasteiger partial charge in [0.1, 0.15) is 6.61 Å². The summed E-state index contributed by atoms with van der Waals surface area (Å²) in [5.74, 6) is 4.60. The molecule has 0 saturated heterocycles. The summed E-state index contributed by atoms with van der Waals surface area (Å²) in [6, 6.07) is 7.12. The van der Waals surface area contributed by atoms with Gasteiger partial charge in [0.15, 0.2) is 0 Å². The summed E-state index contributed by atoms with van der Waals surface area (Å²) in [6.07, 6.45) is 1.71. The highest BCUT2D eigenvalue weighted by atomic mass is 35.5. The van der Waals surface area contributed by atoms with Gasteiger partial charge in [-0.05, 0) is 17.7 Å². The van der Waals surface area contributed by atoms with E-state index in [4.69, 9.17) is 22.3 Å². The summed E-state index contributed by atoms with van der Waals surface area (Å²) in [5, 5.41) is 4.35. The van der Waals surface area contributed by atoms with Gasteiger partial charge in [0.2, 0.25) is 5.91 Å². The van der Waals surface area contributed by atoms with E-state index < -0.39 is 0 Å². The number of carbonyl (C=O) groups excluding carboxylic acids is 1. The molecule has 0 spiro atoms. The highest BCUT2D eigenvalue weighted by Gasteiger charge is 1.96. The quantitative estimate of drug-likeness (QED) is 0.266. The fourth-order valence-electron chi connectivity index (χ4n) is 0.910. The first-order chi connectivity index (χ1) is 7.72. The Morgan fingerprint density at radius 3 is 2.81 bits per heavy atom. The maximum Gasteiger partial charge on any atom is 0.237 e. The molecule has 0 aliphatic rings. The number of hydrogen-bond donors (Lipinski definition) is 2. The van der Waals surface area contributed by atoms with E-state index in [-0.39, 0.29) is 18.9 Å². The summed E-state index contributed by atoms with van der Waals surface area (Å²) in [4.78, 5) is 15.6. The van der Waals surface area contributed by atoms with Gasteiger partial charge in [-0.15, -0.1) is 0 Å². The number of hydrazine groups is 1. The normalized spacial score (nSPS) is 10.4. The third kappa shape index (κ3) is 4.77. The molecule has 16 heavy (non-hydrogen) atoms. The Morgan fingerprint density at radius 2 is 2.19 bits per heavy atom. The lowest BCUT2D eigenvalue weighted by atomic mass is 10.2. The SMILES string of the molecule is NNC(=O)CCO/N=C/c1ccc(Cl)cc1. The van der Waals surface area contributed by atoms with E-state index in [0.29, 0.717) is 5.02 Å². The van der Waals surface area contributed by atoms with Crippen LogP contribution >= 0.6 is 11.6 Å². The van der Waals surface area contributed by atoms with Crippen LogP contribution in [0.25, 0.3) is 0 Å². The van der Waals surface area contributed by atoms with Gasteiger partial charge in [0.05, 0.1) is 12.6 Å². The second-order valence-electron chi connectivity index (χ2n) is 2.94. The molecule has 1 aromatic carbocycles. The Labute approximate surface area is 98.2 Å². The first kappa shape index (κ1) is 12.5. The van der Waals surface area contributed by atoms with Crippen molar-refractivity contribution in [2.45, 2.75) is 6.42 Å². The van der Waals surface area contributed by atoms with Gasteiger partial charge < -0.3 is 4.84 Å². The van der Waals surface area contributed by atoms with Crippen LogP contribution in [0.3, 0.4) is 0 Å². The molecule has 0 radical (unpaired) electrons. The molecule has 0 aliphatic heterocycles. The van der Waals surface area contributed by atoms with Crippen LogP contribution in [0.2, 0.25) is 5.02 Å². The molecule has 1 amide bonds. The van der Waals surface area contributed by atoms with Crippen molar-refractivity contribution in [2.75, 3.05) is 6.61 Å². The van der Waals surface area contributed by atoms with E-state index in [1.165, 1.54) is 6.21 Å². The Hall–Kier alpha value is -1.59. The van der Waals surface area contributed by atoms with Crippen molar-refractivity contribution in [1.29, 1.82) is 0 Å². The summed E-state index contributed by atoms with van der Waals surface area (Å²) in [5.41, 5.74) is 2.86. The molecule has 0 saturated carbocycles. The Kier molecular flexibility index (Phi) is 5.31. The lowest BCUT2D eigenvalue weighted by Gasteiger charge is -1.98. The third-order valence-corrected chi connectivity index (χ3v) is 1.98. The summed E-state index contributed by atoms with van der Waals surface area (Å²) < 4.78 is 0. The minimum atomic E-state index is -0.290. The van der Waals surface area contributed by atoms with Gasteiger partial charge in [0.25, 0.3) is 0 Å². The molecule has 0 unspecified atom stereocenters. The summed E-state index contributed by atoms with van der Waals surface area (Å²) in [6.45, 7) is 0.188. The van der Waals surface area contributed by atoms with Crippen molar-refractivity contribution < 1.29 is 9.63 Å². The van der Waals surface area contributed by atoms with Crippen LogP contribution in [0, 0.1) is 0 Å². The molecule has 0 heterocycles. The molecule has 0 aliphatic carbocycles. The number of benzene rings is 1. The topological polar surface area (TPSA) is 76.7 Å². The monoisotopic (exact) mass is 241 g/mol. The van der Waals surface area contributed by atoms with E-state index in [1.807, 2.05) is 17.6 Å². The van der Waals surface area contributed by atoms with Crippen molar-refractivity contribution >= 4 is 23.7 Å². The number of halogens is 1. The predicted octanol–water partition coefficient (Wildman–Crippen LogP) is 1.07. The number of nitrogens with one attached hydrogen (secondary N) is 1. The average Bonchev–Trinajstić information content (AvgIpc) is 2.31. The smallest absolute Gasteiger partial charge is 0.237 e. The number of nitrogens with two attached hydrogens (primary N) is 1. The highest BCUT2D eigenvalue weighted by Crippen LogP contribution is 2.07. The zero-order valence-corrected chi connectivity index (χ0v) is 9.28. The summed E-state index contributed by atoms with van der Waals surface area (Å²) in [7, 11) is 0. The van der Waals surface area contributed by atoms with Crippen molar-refractivity contribution in [3.8, 4) is 0 Å². The molecule has 6 heteroatoms. The largest absolute Gasteiger partial charge is 0.395 e. The van der Waals surface area contributed by atoms with Crippen molar-refractivity contribution in [3.63, 3.8) is 0 Å². The zero-order chi connectivity index (χ0) is 11.8. The molecule has 0 atom stereocenters. The molecule has 0 fully saturated rings. The Morgan fingerprint density at radius 1 is 1.50 bits per heavy atom. The number of amides is 1. The zero-order valence-electron chi connectivity index (χ0n) is 8.52. The van der Waals surface area contributed by atoms with Crippen molar-refractivity contribution in [1.82, 2.24) is 5.43 Å². The van der Waals surface area contributed by atoms with Crippen molar-refractivity contribution in [2.24, 2.45) is 11.0 Å². The van der Waals surface area contributed by atoms with Gasteiger partial charge in [0, 0.05) is 5.02 Å². The minimum absolute atomic E-state index is 0.175. The molecular weight excluding hydrogens is 230 g/mol. The van der Waals surface area contributed by atoms with E-state index in [9.17, 15) is 4.79 Å². The van der Waals surface area contributed by atoms with E-state index in [2.05, 4.69) is 5.16 Å². The standard InChI is InChI=1S/C10H12ClN3O2/c11-9-3-1-8(2-4-9)7-13-16-6-5-10(15)14-12/h1-4,7H,5-6,12H2,(H,14,15)/b13-7+. The van der Waals surface area contributed by atoms with Crippen LogP contribution in [0.15, 0.2) is 29.4 Å². The molecule has 5 nitrogen and oxygen atoms in total. The number of rotatable bonds is 5. The van der Waals surface area contributed by atoms with Gasteiger partial charge >= 0.3 is 0 Å². The molecule has 3 N–H and O–H groups in total. The number of oxime groups is 1. The van der Waals surface area contributed by atoms with E-state index >= 15 is 0 Å². The third-order valence-electron chi connectivity index (χ3n) is 1.73. The lowest BCUT2D eigenvalue weighted by molar-refractivity contribution is -0.122. The number of hydrogen-bond acceptors (Lipinski definition) is 4. The first-order valence-corrected chi connectivity index (χ1v) is 5.00. The highest BCUT2D eigenvalue weighted by molar-refractivity contribution is 6.30. The van der Waals surface area contributed by atoms with Crippen LogP contribution in [-0.4, -0.2) is 18.7 Å². The fourth-order valence-corrected chi connectivity index (χ4v) is 1.04. The van der Waals surface area contributed by atoms with Gasteiger partial charge in [-0.1, -0.05) is 28.9 Å². The minimum Gasteiger partial charge on any atom is -0.395 e. The second kappa shape index (κ2) is 6.81. The maximum absolute atomic E-state index is 10.7. The fraction of sp³-hybridized carbons (Fsp3) is 0.200. The first-order valence-electron chi connectivity index (χ1n) is 4.62. The molecule has 0 bridgehead atoms. The Balaban J connectivity index is 2.27. The van der Waals surface area contributed by atoms with Crippen LogP contribution < -0.4 is 11.3 Å². The molecule has 0 aromatic heterocycles. The Bertz CT molecular complexity index is 365. The maximum atomic E-state index is 10.7. The van der Waals surface area contributed by atoms with Gasteiger partial charge in [-0.3, -0.25) is 10.2 Å². The van der Waals surface area contributed by atoms with Crippen LogP contribution in [0.1, 0.15) is 12.0 Å².